The molecule has 0 saturated heterocycles. The predicted octanol–water partition coefficient (Wildman–Crippen LogP) is 2.87. The first-order valence-corrected chi connectivity index (χ1v) is 3.81. The molecule has 0 bridgehead atoms. The van der Waals surface area contributed by atoms with Crippen molar-refractivity contribution in [3.63, 3.8) is 0 Å². The Morgan fingerprint density at radius 1 is 1.50 bits per heavy atom. The van der Waals surface area contributed by atoms with Gasteiger partial charge < -0.3 is 0 Å². The van der Waals surface area contributed by atoms with Crippen molar-refractivity contribution in [1.29, 1.82) is 0 Å². The van der Waals surface area contributed by atoms with Crippen LogP contribution >= 0.6 is 0 Å². The number of halogens is 1. The van der Waals surface area contributed by atoms with E-state index in [2.05, 4.69) is 11.6 Å². The highest BCUT2D eigenvalue weighted by Crippen LogP contribution is 2.21. The van der Waals surface area contributed by atoms with Crippen molar-refractivity contribution in [2.45, 2.75) is 20.8 Å². The number of aromatic nitrogens is 1. The smallest absolute Gasteiger partial charge is 0.152 e. The van der Waals surface area contributed by atoms with Crippen molar-refractivity contribution >= 4 is 5.57 Å². The van der Waals surface area contributed by atoms with Crippen molar-refractivity contribution in [2.24, 2.45) is 0 Å². The molecule has 1 aromatic heterocycles. The zero-order valence-corrected chi connectivity index (χ0v) is 7.61. The molecule has 12 heavy (non-hydrogen) atoms. The second-order valence-corrected chi connectivity index (χ2v) is 3.00. The number of nitrogens with zero attached hydrogens (tertiary/aromatic N) is 1. The van der Waals surface area contributed by atoms with Gasteiger partial charge in [-0.15, -0.1) is 0 Å². The van der Waals surface area contributed by atoms with E-state index in [-0.39, 0.29) is 5.82 Å². The van der Waals surface area contributed by atoms with E-state index in [1.54, 1.807) is 20.0 Å². The van der Waals surface area contributed by atoms with Crippen LogP contribution in [0.25, 0.3) is 5.57 Å². The van der Waals surface area contributed by atoms with E-state index in [0.717, 1.165) is 11.1 Å². The maximum atomic E-state index is 13.4. The number of hydrogen-bond acceptors (Lipinski definition) is 1. The first-order chi connectivity index (χ1) is 5.54. The van der Waals surface area contributed by atoms with Gasteiger partial charge in [0.15, 0.2) is 5.82 Å². The summed E-state index contributed by atoms with van der Waals surface area (Å²) < 4.78 is 13.4. The lowest BCUT2D eigenvalue weighted by atomic mass is 10.0. The number of aryl methyl sites for hydroxylation is 2. The van der Waals surface area contributed by atoms with Crippen molar-refractivity contribution in [1.82, 2.24) is 4.98 Å². The number of pyridine rings is 1. The summed E-state index contributed by atoms with van der Waals surface area (Å²) in [5.74, 6) is -0.248. The molecule has 0 radical (unpaired) electrons. The summed E-state index contributed by atoms with van der Waals surface area (Å²) in [6, 6.07) is 0. The van der Waals surface area contributed by atoms with Crippen molar-refractivity contribution in [3.05, 3.63) is 35.4 Å². The molecule has 1 rings (SSSR count). The number of allylic oxidation sites excluding steroid dienone is 1. The van der Waals surface area contributed by atoms with Gasteiger partial charge in [-0.25, -0.2) is 4.39 Å². The normalized spacial score (nSPS) is 10.0. The van der Waals surface area contributed by atoms with Crippen LogP contribution in [-0.2, 0) is 0 Å². The van der Waals surface area contributed by atoms with Crippen LogP contribution in [0.5, 0.6) is 0 Å². The van der Waals surface area contributed by atoms with Crippen LogP contribution in [0.4, 0.5) is 4.39 Å². The minimum atomic E-state index is -0.248. The van der Waals surface area contributed by atoms with Crippen LogP contribution in [0.15, 0.2) is 12.8 Å². The molecule has 0 fully saturated rings. The summed E-state index contributed by atoms with van der Waals surface area (Å²) in [7, 11) is 0. The monoisotopic (exact) mass is 165 g/mol. The minimum Gasteiger partial charge on any atom is -0.258 e. The molecule has 0 aliphatic carbocycles. The summed E-state index contributed by atoms with van der Waals surface area (Å²) >= 11 is 0. The quantitative estimate of drug-likeness (QED) is 0.623. The average molecular weight is 165 g/mol. The van der Waals surface area contributed by atoms with E-state index in [9.17, 15) is 4.39 Å². The lowest BCUT2D eigenvalue weighted by Gasteiger charge is -2.07. The maximum absolute atomic E-state index is 13.4. The van der Waals surface area contributed by atoms with E-state index in [0.29, 0.717) is 11.3 Å². The maximum Gasteiger partial charge on any atom is 0.152 e. The second kappa shape index (κ2) is 3.05. The third kappa shape index (κ3) is 1.37. The van der Waals surface area contributed by atoms with Gasteiger partial charge in [0.2, 0.25) is 0 Å². The summed E-state index contributed by atoms with van der Waals surface area (Å²) in [6.07, 6.45) is 1.67. The van der Waals surface area contributed by atoms with Crippen molar-refractivity contribution < 1.29 is 4.39 Å². The van der Waals surface area contributed by atoms with Gasteiger partial charge in [-0.3, -0.25) is 4.98 Å². The van der Waals surface area contributed by atoms with Crippen LogP contribution in [0, 0.1) is 19.7 Å². The standard InChI is InChI=1S/C10H12FN/c1-6(2)9-7(3)5-12-8(4)10(9)11/h5H,1H2,2-4H3. The molecule has 2 heteroatoms. The molecule has 0 aromatic carbocycles. The van der Waals surface area contributed by atoms with E-state index in [1.807, 2.05) is 6.92 Å². The summed E-state index contributed by atoms with van der Waals surface area (Å²) in [6.45, 7) is 9.00. The third-order valence-electron chi connectivity index (χ3n) is 1.81. The predicted molar refractivity (Wildman–Crippen MR) is 48.4 cm³/mol. The van der Waals surface area contributed by atoms with Gasteiger partial charge in [0, 0.05) is 11.8 Å². The molecule has 0 saturated carbocycles. The van der Waals surface area contributed by atoms with E-state index in [4.69, 9.17) is 0 Å². The SMILES string of the molecule is C=C(C)c1c(C)cnc(C)c1F. The molecule has 0 N–H and O–H groups in total. The van der Waals surface area contributed by atoms with Gasteiger partial charge in [0.25, 0.3) is 0 Å². The van der Waals surface area contributed by atoms with Gasteiger partial charge in [-0.05, 0) is 31.9 Å². The molecule has 0 aliphatic heterocycles. The largest absolute Gasteiger partial charge is 0.258 e. The number of hydrogen-bond donors (Lipinski definition) is 0. The summed E-state index contributed by atoms with van der Waals surface area (Å²) in [4.78, 5) is 3.91. The fraction of sp³-hybridized carbons (Fsp3) is 0.300. The van der Waals surface area contributed by atoms with Crippen LogP contribution < -0.4 is 0 Å². The topological polar surface area (TPSA) is 12.9 Å². The number of rotatable bonds is 1. The van der Waals surface area contributed by atoms with Gasteiger partial charge in [0.1, 0.15) is 0 Å². The van der Waals surface area contributed by atoms with Gasteiger partial charge in [-0.2, -0.15) is 0 Å². The highest BCUT2D eigenvalue weighted by molar-refractivity contribution is 5.64. The van der Waals surface area contributed by atoms with Crippen LogP contribution in [-0.4, -0.2) is 4.98 Å². The van der Waals surface area contributed by atoms with Gasteiger partial charge >= 0.3 is 0 Å². The Kier molecular flexibility index (Phi) is 2.27. The van der Waals surface area contributed by atoms with E-state index < -0.39 is 0 Å². The van der Waals surface area contributed by atoms with Gasteiger partial charge in [0.05, 0.1) is 5.69 Å². The fourth-order valence-electron chi connectivity index (χ4n) is 1.19. The Bertz CT molecular complexity index is 329. The highest BCUT2D eigenvalue weighted by atomic mass is 19.1. The molecule has 1 heterocycles. The van der Waals surface area contributed by atoms with Crippen molar-refractivity contribution in [2.75, 3.05) is 0 Å². The lowest BCUT2D eigenvalue weighted by molar-refractivity contribution is 0.604. The van der Waals surface area contributed by atoms with E-state index >= 15 is 0 Å². The van der Waals surface area contributed by atoms with Gasteiger partial charge in [-0.1, -0.05) is 6.58 Å². The molecule has 0 unspecified atom stereocenters. The molecular weight excluding hydrogens is 153 g/mol. The van der Waals surface area contributed by atoms with Crippen LogP contribution in [0.3, 0.4) is 0 Å². The lowest BCUT2D eigenvalue weighted by Crippen LogP contribution is -1.97. The molecule has 0 amide bonds. The third-order valence-corrected chi connectivity index (χ3v) is 1.81. The zero-order valence-electron chi connectivity index (χ0n) is 7.61. The molecule has 64 valence electrons. The summed E-state index contributed by atoms with van der Waals surface area (Å²) in [5, 5.41) is 0. The molecular formula is C10H12FN. The zero-order chi connectivity index (χ0) is 9.30. The molecule has 1 nitrogen and oxygen atoms in total. The Hall–Kier alpha value is -1.18. The molecule has 1 aromatic rings. The highest BCUT2D eigenvalue weighted by Gasteiger charge is 2.09. The average Bonchev–Trinajstić information content (AvgIpc) is 1.97. The molecule has 0 aliphatic rings. The minimum absolute atomic E-state index is 0.248. The molecule has 0 spiro atoms. The Balaban J connectivity index is 3.43. The van der Waals surface area contributed by atoms with Crippen molar-refractivity contribution in [3.8, 4) is 0 Å². The Morgan fingerprint density at radius 3 is 2.50 bits per heavy atom. The first kappa shape index (κ1) is 8.91. The summed E-state index contributed by atoms with van der Waals surface area (Å²) in [5.41, 5.74) is 2.61. The Morgan fingerprint density at radius 2 is 2.08 bits per heavy atom. The van der Waals surface area contributed by atoms with E-state index in [1.165, 1.54) is 0 Å². The molecule has 0 atom stereocenters. The second-order valence-electron chi connectivity index (χ2n) is 3.00. The van der Waals surface area contributed by atoms with Crippen LogP contribution in [0.1, 0.15) is 23.7 Å². The fourth-order valence-corrected chi connectivity index (χ4v) is 1.19. The Labute approximate surface area is 72.0 Å². The first-order valence-electron chi connectivity index (χ1n) is 3.81. The van der Waals surface area contributed by atoms with Crippen LogP contribution in [0.2, 0.25) is 0 Å².